The third-order valence-corrected chi connectivity index (χ3v) is 1.54. The summed E-state index contributed by atoms with van der Waals surface area (Å²) in [6, 6.07) is 0.172. The number of anilines is 1. The Morgan fingerprint density at radius 1 is 1.27 bits per heavy atom. The van der Waals surface area contributed by atoms with Gasteiger partial charge in [0.15, 0.2) is 5.82 Å². The smallest absolute Gasteiger partial charge is 0.239 e. The van der Waals surface area contributed by atoms with Crippen molar-refractivity contribution >= 4 is 11.6 Å². The number of rotatable bonds is 2. The van der Waals surface area contributed by atoms with E-state index in [1.165, 1.54) is 4.80 Å². The van der Waals surface area contributed by atoms with Crippen LogP contribution in [0, 0.1) is 0 Å². The fraction of sp³-hybridized carbons (Fsp3) is 0.778. The van der Waals surface area contributed by atoms with Crippen molar-refractivity contribution in [2.45, 2.75) is 46.2 Å². The van der Waals surface area contributed by atoms with Crippen LogP contribution in [0.2, 0.25) is 0 Å². The summed E-state index contributed by atoms with van der Waals surface area (Å²) in [4.78, 5) is 1.53. The van der Waals surface area contributed by atoms with Crippen molar-refractivity contribution in [3.05, 3.63) is 0 Å². The molecule has 1 rings (SSSR count). The molecule has 0 aromatic carbocycles. The lowest BCUT2D eigenvalue weighted by molar-refractivity contribution is 0.467. The van der Waals surface area contributed by atoms with Gasteiger partial charge in [-0.3, -0.25) is 0 Å². The molecule has 6 nitrogen and oxygen atoms in total. The van der Waals surface area contributed by atoms with Gasteiger partial charge in [0, 0.05) is 0 Å². The SMILES string of the molecule is CC(C)n1nc(N)c(N=NC(C)(C)C)n1. The van der Waals surface area contributed by atoms with Crippen molar-refractivity contribution in [1.29, 1.82) is 0 Å². The normalized spacial score (nSPS) is 12.9. The van der Waals surface area contributed by atoms with Gasteiger partial charge >= 0.3 is 0 Å². The Morgan fingerprint density at radius 2 is 1.87 bits per heavy atom. The molecular weight excluding hydrogens is 192 g/mol. The van der Waals surface area contributed by atoms with Crippen molar-refractivity contribution in [2.24, 2.45) is 10.2 Å². The second-order valence-electron chi connectivity index (χ2n) is 4.69. The first-order chi connectivity index (χ1) is 6.79. The molecule has 1 aromatic heterocycles. The zero-order chi connectivity index (χ0) is 11.6. The quantitative estimate of drug-likeness (QED) is 0.760. The van der Waals surface area contributed by atoms with E-state index in [0.29, 0.717) is 11.6 Å². The molecule has 0 spiro atoms. The standard InChI is InChI=1S/C9H18N6/c1-6(2)15-12-7(10)8(13-15)11-14-9(3,4)5/h6H,1-5H3,(H2,10,12). The van der Waals surface area contributed by atoms with E-state index >= 15 is 0 Å². The highest BCUT2D eigenvalue weighted by molar-refractivity contribution is 5.49. The summed E-state index contributed by atoms with van der Waals surface area (Å²) in [7, 11) is 0. The van der Waals surface area contributed by atoms with Crippen LogP contribution in [-0.2, 0) is 0 Å². The van der Waals surface area contributed by atoms with Gasteiger partial charge in [-0.1, -0.05) is 0 Å². The van der Waals surface area contributed by atoms with Crippen LogP contribution >= 0.6 is 0 Å². The summed E-state index contributed by atoms with van der Waals surface area (Å²) in [5, 5.41) is 16.2. The largest absolute Gasteiger partial charge is 0.379 e. The van der Waals surface area contributed by atoms with Crippen molar-refractivity contribution in [2.75, 3.05) is 5.73 Å². The van der Waals surface area contributed by atoms with Crippen LogP contribution in [0.15, 0.2) is 10.2 Å². The van der Waals surface area contributed by atoms with Crippen molar-refractivity contribution < 1.29 is 0 Å². The maximum Gasteiger partial charge on any atom is 0.239 e. The van der Waals surface area contributed by atoms with Crippen LogP contribution < -0.4 is 5.73 Å². The molecule has 6 heteroatoms. The van der Waals surface area contributed by atoms with Gasteiger partial charge in [0.25, 0.3) is 0 Å². The van der Waals surface area contributed by atoms with Gasteiger partial charge in [-0.25, -0.2) is 0 Å². The van der Waals surface area contributed by atoms with E-state index in [-0.39, 0.29) is 11.6 Å². The fourth-order valence-electron chi connectivity index (χ4n) is 0.825. The molecule has 0 aliphatic rings. The third kappa shape index (κ3) is 3.30. The molecule has 0 aliphatic heterocycles. The lowest BCUT2D eigenvalue weighted by Gasteiger charge is -2.07. The monoisotopic (exact) mass is 210 g/mol. The molecule has 0 amide bonds. The van der Waals surface area contributed by atoms with Gasteiger partial charge in [0.1, 0.15) is 0 Å². The minimum atomic E-state index is -0.228. The van der Waals surface area contributed by atoms with Crippen LogP contribution in [-0.4, -0.2) is 20.5 Å². The van der Waals surface area contributed by atoms with Gasteiger partial charge in [-0.15, -0.1) is 15.3 Å². The zero-order valence-electron chi connectivity index (χ0n) is 9.89. The van der Waals surface area contributed by atoms with Gasteiger partial charge in [-0.05, 0) is 34.6 Å². The molecule has 1 heterocycles. The van der Waals surface area contributed by atoms with Crippen LogP contribution in [0.5, 0.6) is 0 Å². The van der Waals surface area contributed by atoms with E-state index in [9.17, 15) is 0 Å². The van der Waals surface area contributed by atoms with E-state index < -0.39 is 0 Å². The minimum Gasteiger partial charge on any atom is -0.379 e. The number of azo groups is 1. The number of nitrogen functional groups attached to an aromatic ring is 1. The Morgan fingerprint density at radius 3 is 2.27 bits per heavy atom. The molecule has 0 aliphatic carbocycles. The van der Waals surface area contributed by atoms with Crippen LogP contribution in [0.1, 0.15) is 40.7 Å². The molecule has 0 unspecified atom stereocenters. The lowest BCUT2D eigenvalue weighted by Crippen LogP contribution is -2.07. The molecule has 2 N–H and O–H groups in total. The molecule has 0 saturated heterocycles. The number of hydrogen-bond acceptors (Lipinski definition) is 5. The highest BCUT2D eigenvalue weighted by Crippen LogP contribution is 2.20. The molecule has 15 heavy (non-hydrogen) atoms. The number of aromatic nitrogens is 3. The van der Waals surface area contributed by atoms with E-state index in [2.05, 4.69) is 20.4 Å². The second-order valence-corrected chi connectivity index (χ2v) is 4.69. The van der Waals surface area contributed by atoms with Gasteiger partial charge in [0.05, 0.1) is 11.6 Å². The number of hydrogen-bond donors (Lipinski definition) is 1. The van der Waals surface area contributed by atoms with Crippen LogP contribution in [0.25, 0.3) is 0 Å². The zero-order valence-corrected chi connectivity index (χ0v) is 9.89. The number of nitrogens with two attached hydrogens (primary N) is 1. The van der Waals surface area contributed by atoms with Gasteiger partial charge in [-0.2, -0.15) is 9.91 Å². The van der Waals surface area contributed by atoms with Gasteiger partial charge < -0.3 is 5.73 Å². The topological polar surface area (TPSA) is 81.5 Å². The van der Waals surface area contributed by atoms with Crippen LogP contribution in [0.4, 0.5) is 11.6 Å². The third-order valence-electron chi connectivity index (χ3n) is 1.54. The molecule has 0 fully saturated rings. The maximum absolute atomic E-state index is 5.66. The highest BCUT2D eigenvalue weighted by Gasteiger charge is 2.11. The molecule has 0 radical (unpaired) electrons. The Hall–Kier alpha value is -1.46. The van der Waals surface area contributed by atoms with E-state index in [1.807, 2.05) is 34.6 Å². The first-order valence-corrected chi connectivity index (χ1v) is 4.95. The predicted octanol–water partition coefficient (Wildman–Crippen LogP) is 2.32. The summed E-state index contributed by atoms with van der Waals surface area (Å²) in [6.07, 6.45) is 0. The summed E-state index contributed by atoms with van der Waals surface area (Å²) in [5.41, 5.74) is 5.43. The van der Waals surface area contributed by atoms with E-state index in [0.717, 1.165) is 0 Å². The average Bonchev–Trinajstić information content (AvgIpc) is 2.42. The lowest BCUT2D eigenvalue weighted by atomic mass is 10.1. The van der Waals surface area contributed by atoms with Crippen LogP contribution in [0.3, 0.4) is 0 Å². The first-order valence-electron chi connectivity index (χ1n) is 4.95. The van der Waals surface area contributed by atoms with Crippen molar-refractivity contribution in [3.8, 4) is 0 Å². The molecule has 0 atom stereocenters. The average molecular weight is 210 g/mol. The maximum atomic E-state index is 5.66. The molecular formula is C9H18N6. The summed E-state index contributed by atoms with van der Waals surface area (Å²) in [6.45, 7) is 9.83. The summed E-state index contributed by atoms with van der Waals surface area (Å²) in [5.74, 6) is 0.704. The second kappa shape index (κ2) is 3.96. The Balaban J connectivity index is 2.91. The Kier molecular flexibility index (Phi) is 3.06. The Bertz CT molecular complexity index is 357. The number of nitrogens with zero attached hydrogens (tertiary/aromatic N) is 5. The van der Waals surface area contributed by atoms with Gasteiger partial charge in [0.2, 0.25) is 5.82 Å². The highest BCUT2D eigenvalue weighted by atomic mass is 15.5. The van der Waals surface area contributed by atoms with E-state index in [4.69, 9.17) is 5.73 Å². The minimum absolute atomic E-state index is 0.172. The predicted molar refractivity (Wildman–Crippen MR) is 59.1 cm³/mol. The first kappa shape index (κ1) is 11.6. The van der Waals surface area contributed by atoms with E-state index in [1.54, 1.807) is 0 Å². The summed E-state index contributed by atoms with van der Waals surface area (Å²) < 4.78 is 0. The van der Waals surface area contributed by atoms with Crippen molar-refractivity contribution in [3.63, 3.8) is 0 Å². The van der Waals surface area contributed by atoms with Crippen molar-refractivity contribution in [1.82, 2.24) is 15.0 Å². The summed E-state index contributed by atoms with van der Waals surface area (Å²) >= 11 is 0. The molecule has 0 saturated carbocycles. The Labute approximate surface area is 89.6 Å². The molecule has 0 bridgehead atoms. The molecule has 1 aromatic rings. The molecule has 84 valence electrons. The fourth-order valence-corrected chi connectivity index (χ4v) is 0.825.